The second kappa shape index (κ2) is 5.29. The first-order valence-corrected chi connectivity index (χ1v) is 7.31. The second-order valence-corrected chi connectivity index (χ2v) is 5.63. The number of nitrogens with zero attached hydrogens (tertiary/aromatic N) is 2. The van der Waals surface area contributed by atoms with Crippen LogP contribution in [0.25, 0.3) is 11.0 Å². The fraction of sp³-hybridized carbons (Fsp3) is 0.500. The van der Waals surface area contributed by atoms with E-state index in [2.05, 4.69) is 30.3 Å². The van der Waals surface area contributed by atoms with E-state index in [4.69, 9.17) is 23.2 Å². The van der Waals surface area contributed by atoms with E-state index in [0.29, 0.717) is 11.4 Å². The molecule has 2 rings (SSSR count). The van der Waals surface area contributed by atoms with Crippen molar-refractivity contribution in [2.75, 3.05) is 0 Å². The van der Waals surface area contributed by atoms with E-state index in [-0.39, 0.29) is 10.6 Å². The minimum Gasteiger partial charge on any atom is -0.321 e. The largest absolute Gasteiger partial charge is 0.321 e. The molecule has 0 aliphatic rings. The van der Waals surface area contributed by atoms with Crippen molar-refractivity contribution < 1.29 is 4.39 Å². The van der Waals surface area contributed by atoms with Crippen LogP contribution < -0.4 is 0 Å². The van der Waals surface area contributed by atoms with E-state index < -0.39 is 5.82 Å². The van der Waals surface area contributed by atoms with Crippen LogP contribution in [0.1, 0.15) is 39.4 Å². The molecule has 0 aliphatic carbocycles. The van der Waals surface area contributed by atoms with Crippen LogP contribution in [0.15, 0.2) is 12.1 Å². The Kier molecular flexibility index (Phi) is 4.07. The average Bonchev–Trinajstić information content (AvgIpc) is 2.76. The highest BCUT2D eigenvalue weighted by molar-refractivity contribution is 6.31. The van der Waals surface area contributed by atoms with Gasteiger partial charge in [-0.05, 0) is 25.8 Å². The first-order chi connectivity index (χ1) is 8.96. The van der Waals surface area contributed by atoms with Crippen molar-refractivity contribution in [1.29, 1.82) is 0 Å². The van der Waals surface area contributed by atoms with Gasteiger partial charge < -0.3 is 4.57 Å². The molecule has 0 bridgehead atoms. The third kappa shape index (κ3) is 2.34. The van der Waals surface area contributed by atoms with Gasteiger partial charge in [0.1, 0.15) is 11.6 Å². The number of imidazole rings is 1. The van der Waals surface area contributed by atoms with E-state index in [1.165, 1.54) is 6.07 Å². The van der Waals surface area contributed by atoms with Crippen molar-refractivity contribution in [3.63, 3.8) is 0 Å². The zero-order valence-corrected chi connectivity index (χ0v) is 12.8. The molecule has 0 amide bonds. The summed E-state index contributed by atoms with van der Waals surface area (Å²) in [6.07, 6.45) is 1.88. The maximum absolute atomic E-state index is 13.5. The van der Waals surface area contributed by atoms with Crippen molar-refractivity contribution in [1.82, 2.24) is 9.55 Å². The lowest BCUT2D eigenvalue weighted by Gasteiger charge is -2.31. The van der Waals surface area contributed by atoms with E-state index >= 15 is 0 Å². The van der Waals surface area contributed by atoms with Crippen molar-refractivity contribution in [3.8, 4) is 0 Å². The molecule has 104 valence electrons. The Morgan fingerprint density at radius 1 is 1.32 bits per heavy atom. The Morgan fingerprint density at radius 3 is 2.47 bits per heavy atom. The monoisotopic (exact) mass is 302 g/mol. The maximum atomic E-state index is 13.5. The van der Waals surface area contributed by atoms with Gasteiger partial charge in [0.25, 0.3) is 0 Å². The van der Waals surface area contributed by atoms with Crippen LogP contribution in [0.5, 0.6) is 0 Å². The van der Waals surface area contributed by atoms with Crippen LogP contribution in [0, 0.1) is 5.82 Å². The molecule has 0 aliphatic heterocycles. The zero-order valence-electron chi connectivity index (χ0n) is 11.3. The fourth-order valence-corrected chi connectivity index (χ4v) is 2.72. The van der Waals surface area contributed by atoms with Crippen LogP contribution >= 0.6 is 23.2 Å². The summed E-state index contributed by atoms with van der Waals surface area (Å²) in [6, 6.07) is 3.01. The average molecular weight is 303 g/mol. The SMILES string of the molecule is CCC(C)(CC)n1c(CCl)nc2cc(F)c(Cl)cc21. The summed E-state index contributed by atoms with van der Waals surface area (Å²) in [6.45, 7) is 6.40. The molecular weight excluding hydrogens is 286 g/mol. The van der Waals surface area contributed by atoms with Gasteiger partial charge in [-0.1, -0.05) is 25.4 Å². The lowest BCUT2D eigenvalue weighted by molar-refractivity contribution is 0.296. The molecule has 0 saturated heterocycles. The molecule has 1 aromatic heterocycles. The molecule has 0 saturated carbocycles. The molecule has 2 nitrogen and oxygen atoms in total. The van der Waals surface area contributed by atoms with Crippen molar-refractivity contribution in [2.24, 2.45) is 0 Å². The van der Waals surface area contributed by atoms with E-state index in [9.17, 15) is 4.39 Å². The third-order valence-corrected chi connectivity index (χ3v) is 4.48. The normalized spacial score (nSPS) is 12.3. The van der Waals surface area contributed by atoms with Gasteiger partial charge >= 0.3 is 0 Å². The molecule has 0 atom stereocenters. The van der Waals surface area contributed by atoms with Crippen molar-refractivity contribution in [3.05, 3.63) is 28.8 Å². The van der Waals surface area contributed by atoms with Gasteiger partial charge in [0.2, 0.25) is 0 Å². The summed E-state index contributed by atoms with van der Waals surface area (Å²) in [5.41, 5.74) is 1.35. The van der Waals surface area contributed by atoms with Gasteiger partial charge in [-0.15, -0.1) is 11.6 Å². The predicted octanol–water partition coefficient (Wildman–Crippen LogP) is 5.10. The number of aromatic nitrogens is 2. The number of fused-ring (bicyclic) bond motifs is 1. The minimum absolute atomic E-state index is 0.0971. The maximum Gasteiger partial charge on any atom is 0.144 e. The summed E-state index contributed by atoms with van der Waals surface area (Å²) in [5, 5.41) is 0.115. The molecule has 0 radical (unpaired) electrons. The van der Waals surface area contributed by atoms with E-state index in [1.54, 1.807) is 6.07 Å². The smallest absolute Gasteiger partial charge is 0.144 e. The molecule has 1 aromatic carbocycles. The quantitative estimate of drug-likeness (QED) is 0.718. The minimum atomic E-state index is -0.449. The molecule has 5 heteroatoms. The fourth-order valence-electron chi connectivity index (χ4n) is 2.38. The molecule has 0 N–H and O–H groups in total. The van der Waals surface area contributed by atoms with Crippen LogP contribution in [-0.4, -0.2) is 9.55 Å². The molecule has 0 unspecified atom stereocenters. The van der Waals surface area contributed by atoms with Crippen LogP contribution in [0.4, 0.5) is 4.39 Å². The molecule has 0 fully saturated rings. The number of hydrogen-bond acceptors (Lipinski definition) is 1. The number of alkyl halides is 1. The summed E-state index contributed by atoms with van der Waals surface area (Å²) in [5.74, 6) is 0.600. The van der Waals surface area contributed by atoms with E-state index in [1.807, 2.05) is 0 Å². The second-order valence-electron chi connectivity index (χ2n) is 4.96. The van der Waals surface area contributed by atoms with Gasteiger partial charge in [0.15, 0.2) is 0 Å². The summed E-state index contributed by atoms with van der Waals surface area (Å²) in [7, 11) is 0. The highest BCUT2D eigenvalue weighted by Crippen LogP contribution is 2.33. The Hall–Kier alpha value is -0.800. The van der Waals surface area contributed by atoms with Crippen molar-refractivity contribution >= 4 is 34.2 Å². The standard InChI is InChI=1S/C14H17Cl2FN2/c1-4-14(3,5-2)19-12-6-9(16)10(17)7-11(12)18-13(19)8-15/h6-7H,4-5,8H2,1-3H3. The topological polar surface area (TPSA) is 17.8 Å². The molecular formula is C14H17Cl2FN2. The zero-order chi connectivity index (χ0) is 14.2. The van der Waals surface area contributed by atoms with Crippen LogP contribution in [0.3, 0.4) is 0 Å². The Bertz CT molecular complexity index is 603. The van der Waals surface area contributed by atoms with Gasteiger partial charge in [-0.25, -0.2) is 9.37 Å². The van der Waals surface area contributed by atoms with Crippen LogP contribution in [0.2, 0.25) is 5.02 Å². The Morgan fingerprint density at radius 2 is 1.95 bits per heavy atom. The van der Waals surface area contributed by atoms with Crippen molar-refractivity contribution in [2.45, 2.75) is 45.0 Å². The molecule has 1 heterocycles. The highest BCUT2D eigenvalue weighted by Gasteiger charge is 2.27. The number of halogens is 3. The van der Waals surface area contributed by atoms with E-state index in [0.717, 1.165) is 24.2 Å². The lowest BCUT2D eigenvalue weighted by atomic mass is 9.94. The number of rotatable bonds is 4. The summed E-state index contributed by atoms with van der Waals surface area (Å²) in [4.78, 5) is 4.43. The number of benzene rings is 1. The molecule has 0 spiro atoms. The number of hydrogen-bond donors (Lipinski definition) is 0. The Balaban J connectivity index is 2.80. The third-order valence-electron chi connectivity index (χ3n) is 3.95. The van der Waals surface area contributed by atoms with Gasteiger partial charge in [0, 0.05) is 11.6 Å². The van der Waals surface area contributed by atoms with Gasteiger partial charge in [0.05, 0.1) is 21.9 Å². The lowest BCUT2D eigenvalue weighted by Crippen LogP contribution is -2.29. The molecule has 2 aromatic rings. The molecule has 19 heavy (non-hydrogen) atoms. The summed E-state index contributed by atoms with van der Waals surface area (Å²) < 4.78 is 15.6. The Labute approximate surface area is 122 Å². The highest BCUT2D eigenvalue weighted by atomic mass is 35.5. The predicted molar refractivity (Wildman–Crippen MR) is 78.5 cm³/mol. The first-order valence-electron chi connectivity index (χ1n) is 6.39. The van der Waals surface area contributed by atoms with Gasteiger partial charge in [-0.2, -0.15) is 0 Å². The van der Waals surface area contributed by atoms with Crippen LogP contribution in [-0.2, 0) is 11.4 Å². The first kappa shape index (κ1) is 14.6. The summed E-state index contributed by atoms with van der Waals surface area (Å²) >= 11 is 11.9. The van der Waals surface area contributed by atoms with Gasteiger partial charge in [-0.3, -0.25) is 0 Å².